The van der Waals surface area contributed by atoms with E-state index in [1.54, 1.807) is 18.7 Å². The summed E-state index contributed by atoms with van der Waals surface area (Å²) in [5.41, 5.74) is 5.13. The predicted octanol–water partition coefficient (Wildman–Crippen LogP) is 0.878. The van der Waals surface area contributed by atoms with E-state index >= 15 is 0 Å². The van der Waals surface area contributed by atoms with Crippen molar-refractivity contribution in [1.82, 2.24) is 0 Å². The van der Waals surface area contributed by atoms with Crippen molar-refractivity contribution in [1.29, 1.82) is 0 Å². The van der Waals surface area contributed by atoms with Crippen LogP contribution >= 0.6 is 11.8 Å². The Labute approximate surface area is 78.0 Å². The third kappa shape index (κ3) is 6.64. The van der Waals surface area contributed by atoms with Gasteiger partial charge in [0, 0.05) is 17.4 Å². The monoisotopic (exact) mass is 191 g/mol. The topological polar surface area (TPSA) is 52.3 Å². The lowest BCUT2D eigenvalue weighted by Gasteiger charge is -2.06. The number of carbonyl (C=O) groups excluding carboxylic acids is 1. The highest BCUT2D eigenvalue weighted by atomic mass is 32.2. The normalized spacial score (nSPS) is 12.9. The van der Waals surface area contributed by atoms with Crippen LogP contribution in [-0.2, 0) is 9.53 Å². The number of ether oxygens (including phenoxy) is 1. The molecule has 0 aliphatic rings. The summed E-state index contributed by atoms with van der Waals surface area (Å²) in [4.78, 5) is 10.8. The van der Waals surface area contributed by atoms with Gasteiger partial charge in [-0.05, 0) is 6.92 Å². The fraction of sp³-hybridized carbons (Fsp3) is 0.875. The fourth-order valence-electron chi connectivity index (χ4n) is 0.579. The van der Waals surface area contributed by atoms with Gasteiger partial charge in [0.2, 0.25) is 0 Å². The Balaban J connectivity index is 3.14. The first-order valence-corrected chi connectivity index (χ1v) is 5.20. The van der Waals surface area contributed by atoms with Crippen LogP contribution in [-0.4, -0.2) is 30.6 Å². The SMILES string of the molecule is CC(=O)C(C)CSCCOCN. The zero-order valence-corrected chi connectivity index (χ0v) is 8.52. The second kappa shape index (κ2) is 7.58. The molecule has 0 aliphatic heterocycles. The van der Waals surface area contributed by atoms with E-state index in [0.29, 0.717) is 6.61 Å². The van der Waals surface area contributed by atoms with E-state index in [1.807, 2.05) is 6.92 Å². The summed E-state index contributed by atoms with van der Waals surface area (Å²) in [6.45, 7) is 4.52. The van der Waals surface area contributed by atoms with E-state index in [9.17, 15) is 4.79 Å². The third-order valence-corrected chi connectivity index (χ3v) is 2.74. The molecule has 0 heterocycles. The number of thioether (sulfide) groups is 1. The highest BCUT2D eigenvalue weighted by Gasteiger charge is 2.06. The summed E-state index contributed by atoms with van der Waals surface area (Å²) in [6, 6.07) is 0. The van der Waals surface area contributed by atoms with E-state index in [0.717, 1.165) is 11.5 Å². The number of ketones is 1. The third-order valence-electron chi connectivity index (χ3n) is 1.55. The van der Waals surface area contributed by atoms with Gasteiger partial charge in [0.15, 0.2) is 0 Å². The molecule has 12 heavy (non-hydrogen) atoms. The van der Waals surface area contributed by atoms with Crippen molar-refractivity contribution in [3.63, 3.8) is 0 Å². The lowest BCUT2D eigenvalue weighted by Crippen LogP contribution is -2.11. The van der Waals surface area contributed by atoms with Crippen LogP contribution in [0.5, 0.6) is 0 Å². The highest BCUT2D eigenvalue weighted by Crippen LogP contribution is 2.08. The van der Waals surface area contributed by atoms with Gasteiger partial charge in [0.25, 0.3) is 0 Å². The zero-order chi connectivity index (χ0) is 9.40. The van der Waals surface area contributed by atoms with Crippen LogP contribution in [0.25, 0.3) is 0 Å². The van der Waals surface area contributed by atoms with Crippen LogP contribution < -0.4 is 5.73 Å². The summed E-state index contributed by atoms with van der Waals surface area (Å²) in [6.07, 6.45) is 0. The minimum atomic E-state index is 0.160. The smallest absolute Gasteiger partial charge is 0.133 e. The molecular formula is C8H17NO2S. The molecule has 0 fully saturated rings. The van der Waals surface area contributed by atoms with Gasteiger partial charge in [-0.3, -0.25) is 4.79 Å². The number of hydrogen-bond acceptors (Lipinski definition) is 4. The van der Waals surface area contributed by atoms with Gasteiger partial charge in [-0.1, -0.05) is 6.92 Å². The molecule has 72 valence electrons. The Morgan fingerprint density at radius 1 is 1.67 bits per heavy atom. The zero-order valence-electron chi connectivity index (χ0n) is 7.71. The maximum atomic E-state index is 10.8. The van der Waals surface area contributed by atoms with Crippen molar-refractivity contribution < 1.29 is 9.53 Å². The van der Waals surface area contributed by atoms with Crippen molar-refractivity contribution in [2.24, 2.45) is 11.7 Å². The van der Waals surface area contributed by atoms with Gasteiger partial charge >= 0.3 is 0 Å². The molecule has 3 nitrogen and oxygen atoms in total. The van der Waals surface area contributed by atoms with Crippen molar-refractivity contribution in [3.8, 4) is 0 Å². The molecule has 0 aliphatic carbocycles. The Bertz CT molecular complexity index is 130. The molecule has 0 saturated carbocycles. The molecule has 0 aromatic carbocycles. The van der Waals surface area contributed by atoms with Gasteiger partial charge in [0.1, 0.15) is 5.78 Å². The van der Waals surface area contributed by atoms with E-state index in [1.165, 1.54) is 0 Å². The van der Waals surface area contributed by atoms with Crippen LogP contribution in [0.1, 0.15) is 13.8 Å². The van der Waals surface area contributed by atoms with E-state index < -0.39 is 0 Å². The summed E-state index contributed by atoms with van der Waals surface area (Å²) < 4.78 is 4.95. The second-order valence-corrected chi connectivity index (χ2v) is 3.81. The molecule has 0 aromatic heterocycles. The van der Waals surface area contributed by atoms with Crippen LogP contribution in [0.2, 0.25) is 0 Å². The maximum Gasteiger partial charge on any atom is 0.133 e. The maximum absolute atomic E-state index is 10.8. The second-order valence-electron chi connectivity index (χ2n) is 2.66. The molecular weight excluding hydrogens is 174 g/mol. The Hall–Kier alpha value is -0.0600. The number of hydrogen-bond donors (Lipinski definition) is 1. The standard InChI is InChI=1S/C8H17NO2S/c1-7(8(2)10)5-12-4-3-11-6-9/h7H,3-6,9H2,1-2H3. The number of rotatable bonds is 7. The molecule has 0 radical (unpaired) electrons. The molecule has 0 saturated heterocycles. The van der Waals surface area contributed by atoms with Crippen molar-refractivity contribution >= 4 is 17.5 Å². The van der Waals surface area contributed by atoms with Crippen molar-refractivity contribution in [2.45, 2.75) is 13.8 Å². The molecule has 4 heteroatoms. The molecule has 2 N–H and O–H groups in total. The number of Topliss-reactive ketones (excluding diaryl/α,β-unsaturated/α-hetero) is 1. The summed E-state index contributed by atoms with van der Waals surface area (Å²) >= 11 is 1.73. The van der Waals surface area contributed by atoms with E-state index in [-0.39, 0.29) is 18.4 Å². The quantitative estimate of drug-likeness (QED) is 0.479. The van der Waals surface area contributed by atoms with Crippen LogP contribution in [0.4, 0.5) is 0 Å². The summed E-state index contributed by atoms with van der Waals surface area (Å²) in [7, 11) is 0. The number of nitrogens with two attached hydrogens (primary N) is 1. The van der Waals surface area contributed by atoms with Crippen LogP contribution in [0.15, 0.2) is 0 Å². The Morgan fingerprint density at radius 2 is 2.33 bits per heavy atom. The minimum absolute atomic E-state index is 0.160. The Kier molecular flexibility index (Phi) is 7.54. The molecule has 1 atom stereocenters. The molecule has 0 bridgehead atoms. The minimum Gasteiger partial charge on any atom is -0.366 e. The first kappa shape index (κ1) is 11.9. The molecule has 0 spiro atoms. The lowest BCUT2D eigenvalue weighted by atomic mass is 10.1. The molecule has 0 amide bonds. The van der Waals surface area contributed by atoms with E-state index in [4.69, 9.17) is 10.5 Å². The summed E-state index contributed by atoms with van der Waals surface area (Å²) in [5, 5.41) is 0. The predicted molar refractivity (Wildman–Crippen MR) is 52.2 cm³/mol. The Morgan fingerprint density at radius 3 is 2.83 bits per heavy atom. The van der Waals surface area contributed by atoms with Gasteiger partial charge in [-0.2, -0.15) is 11.8 Å². The van der Waals surface area contributed by atoms with Crippen LogP contribution in [0, 0.1) is 5.92 Å². The summed E-state index contributed by atoms with van der Waals surface area (Å²) in [5.74, 6) is 2.20. The largest absolute Gasteiger partial charge is 0.366 e. The van der Waals surface area contributed by atoms with Crippen molar-refractivity contribution in [3.05, 3.63) is 0 Å². The fourth-order valence-corrected chi connectivity index (χ4v) is 1.57. The number of carbonyl (C=O) groups is 1. The van der Waals surface area contributed by atoms with Crippen LogP contribution in [0.3, 0.4) is 0 Å². The van der Waals surface area contributed by atoms with Gasteiger partial charge in [-0.25, -0.2) is 0 Å². The first-order chi connectivity index (χ1) is 5.68. The molecule has 0 aromatic rings. The average Bonchev–Trinajstić information content (AvgIpc) is 2.03. The average molecular weight is 191 g/mol. The molecule has 1 unspecified atom stereocenters. The first-order valence-electron chi connectivity index (χ1n) is 4.04. The highest BCUT2D eigenvalue weighted by molar-refractivity contribution is 7.99. The van der Waals surface area contributed by atoms with Gasteiger partial charge in [0.05, 0.1) is 13.3 Å². The van der Waals surface area contributed by atoms with Crippen molar-refractivity contribution in [2.75, 3.05) is 24.8 Å². The van der Waals surface area contributed by atoms with Gasteiger partial charge < -0.3 is 10.5 Å². The molecule has 0 rings (SSSR count). The van der Waals surface area contributed by atoms with E-state index in [2.05, 4.69) is 0 Å². The lowest BCUT2D eigenvalue weighted by molar-refractivity contribution is -0.119. The van der Waals surface area contributed by atoms with Gasteiger partial charge in [-0.15, -0.1) is 0 Å².